The van der Waals surface area contributed by atoms with Crippen molar-refractivity contribution in [3.63, 3.8) is 0 Å². The van der Waals surface area contributed by atoms with Gasteiger partial charge >= 0.3 is 5.97 Å². The van der Waals surface area contributed by atoms with Crippen LogP contribution in [0.4, 0.5) is 4.39 Å². The summed E-state index contributed by atoms with van der Waals surface area (Å²) < 4.78 is 20.0. The van der Waals surface area contributed by atoms with Gasteiger partial charge in [-0.15, -0.1) is 0 Å². The minimum atomic E-state index is -1.25. The van der Waals surface area contributed by atoms with E-state index in [0.29, 0.717) is 28.3 Å². The Balaban J connectivity index is 0.00000256. The maximum Gasteiger partial charge on any atom is 0.338 e. The van der Waals surface area contributed by atoms with E-state index in [1.165, 1.54) is 12.1 Å². The zero-order chi connectivity index (χ0) is 20.7. The lowest BCUT2D eigenvalue weighted by Gasteiger charge is -2.43. The molecule has 0 aromatic heterocycles. The molecule has 1 saturated carbocycles. The third kappa shape index (κ3) is 5.05. The first-order chi connectivity index (χ1) is 13.8. The van der Waals surface area contributed by atoms with Gasteiger partial charge in [-0.25, -0.2) is 9.18 Å². The summed E-state index contributed by atoms with van der Waals surface area (Å²) in [5, 5.41) is 10.4. The van der Waals surface area contributed by atoms with Gasteiger partial charge < -0.3 is 9.84 Å². The first kappa shape index (κ1) is 23.2. The number of carboxylic acids is 1. The van der Waals surface area contributed by atoms with Crippen molar-refractivity contribution in [3.8, 4) is 5.75 Å². The van der Waals surface area contributed by atoms with Gasteiger partial charge in [-0.1, -0.05) is 23.2 Å². The van der Waals surface area contributed by atoms with Crippen LogP contribution in [0.2, 0.25) is 10.0 Å². The van der Waals surface area contributed by atoms with E-state index < -0.39 is 11.8 Å². The molecule has 1 N–H and O–H groups in total. The predicted molar refractivity (Wildman–Crippen MR) is 121 cm³/mol. The third-order valence-corrected chi connectivity index (χ3v) is 6.16. The minimum absolute atomic E-state index is 0. The summed E-state index contributed by atoms with van der Waals surface area (Å²) >= 11 is 12.2. The lowest BCUT2D eigenvalue weighted by atomic mass is 9.95. The van der Waals surface area contributed by atoms with Gasteiger partial charge in [-0.2, -0.15) is 13.5 Å². The third-order valence-electron chi connectivity index (χ3n) is 5.72. The zero-order valence-corrected chi connectivity index (χ0v) is 19.0. The standard InChI is InChI=1S/C22H22Cl2FNO3.H2S/c1-12(15-4-16(23)6-17(24)5-15)26-9-13(10-26)11-29-21-8-20(25)19(22(27)28)7-18(21)14-2-3-14;/h4-8,12-14H,2-3,9-11H2,1H3,(H,27,28);1H2/t12-;/m0./s1. The maximum atomic E-state index is 14.1. The number of aromatic carboxylic acids is 1. The van der Waals surface area contributed by atoms with Crippen molar-refractivity contribution in [2.24, 2.45) is 5.92 Å². The second-order valence-corrected chi connectivity index (χ2v) is 8.83. The number of likely N-dealkylation sites (tertiary alicyclic amines) is 1. The van der Waals surface area contributed by atoms with Crippen molar-refractivity contribution in [1.29, 1.82) is 0 Å². The monoisotopic (exact) mass is 471 g/mol. The maximum absolute atomic E-state index is 14.1. The fourth-order valence-corrected chi connectivity index (χ4v) is 4.38. The number of carboxylic acid groups (broad SMARTS) is 1. The molecular weight excluding hydrogens is 448 g/mol. The molecule has 4 nitrogen and oxygen atoms in total. The van der Waals surface area contributed by atoms with Crippen LogP contribution in [0.15, 0.2) is 30.3 Å². The number of carbonyl (C=O) groups is 1. The largest absolute Gasteiger partial charge is 0.493 e. The molecule has 30 heavy (non-hydrogen) atoms. The summed E-state index contributed by atoms with van der Waals surface area (Å²) in [7, 11) is 0. The Morgan fingerprint density at radius 2 is 1.83 bits per heavy atom. The number of halogens is 3. The summed E-state index contributed by atoms with van der Waals surface area (Å²) in [6, 6.07) is 8.43. The van der Waals surface area contributed by atoms with Gasteiger partial charge in [-0.3, -0.25) is 4.90 Å². The minimum Gasteiger partial charge on any atom is -0.493 e. The summed E-state index contributed by atoms with van der Waals surface area (Å²) in [6.07, 6.45) is 1.97. The van der Waals surface area contributed by atoms with E-state index in [0.717, 1.165) is 37.1 Å². The molecule has 162 valence electrons. The van der Waals surface area contributed by atoms with E-state index >= 15 is 0 Å². The number of ether oxygens (including phenoxy) is 1. The molecule has 0 amide bonds. The van der Waals surface area contributed by atoms with Gasteiger partial charge in [0.25, 0.3) is 0 Å². The molecule has 0 radical (unpaired) electrons. The number of benzene rings is 2. The number of hydrogen-bond donors (Lipinski definition) is 1. The van der Waals surface area contributed by atoms with Crippen molar-refractivity contribution in [3.05, 3.63) is 62.9 Å². The normalized spacial score (nSPS) is 17.7. The van der Waals surface area contributed by atoms with Gasteiger partial charge in [0, 0.05) is 41.2 Å². The molecular formula is C22H24Cl2FNO3S. The van der Waals surface area contributed by atoms with Crippen molar-refractivity contribution in [1.82, 2.24) is 4.90 Å². The van der Waals surface area contributed by atoms with Crippen LogP contribution in [0.3, 0.4) is 0 Å². The Morgan fingerprint density at radius 1 is 1.20 bits per heavy atom. The summed E-state index contributed by atoms with van der Waals surface area (Å²) in [6.45, 7) is 4.31. The molecule has 0 bridgehead atoms. The van der Waals surface area contributed by atoms with Crippen LogP contribution in [0.1, 0.15) is 53.2 Å². The Hall–Kier alpha value is -1.47. The van der Waals surface area contributed by atoms with Gasteiger partial charge in [0.15, 0.2) is 0 Å². The van der Waals surface area contributed by atoms with E-state index in [1.54, 1.807) is 6.07 Å². The molecule has 1 atom stereocenters. The smallest absolute Gasteiger partial charge is 0.338 e. The second kappa shape index (κ2) is 9.35. The summed E-state index contributed by atoms with van der Waals surface area (Å²) in [4.78, 5) is 13.5. The molecule has 1 saturated heterocycles. The lowest BCUT2D eigenvalue weighted by molar-refractivity contribution is 0.0307. The Kier molecular flexibility index (Phi) is 7.23. The zero-order valence-electron chi connectivity index (χ0n) is 16.5. The predicted octanol–water partition coefficient (Wildman–Crippen LogP) is 5.89. The number of rotatable bonds is 7. The highest BCUT2D eigenvalue weighted by Crippen LogP contribution is 2.45. The van der Waals surface area contributed by atoms with Gasteiger partial charge in [0.1, 0.15) is 11.6 Å². The molecule has 4 rings (SSSR count). The van der Waals surface area contributed by atoms with Gasteiger partial charge in [0.2, 0.25) is 0 Å². The van der Waals surface area contributed by atoms with Crippen molar-refractivity contribution < 1.29 is 19.0 Å². The van der Waals surface area contributed by atoms with Crippen molar-refractivity contribution in [2.75, 3.05) is 19.7 Å². The Labute approximate surface area is 192 Å². The van der Waals surface area contributed by atoms with E-state index in [9.17, 15) is 9.18 Å². The molecule has 0 spiro atoms. The van der Waals surface area contributed by atoms with E-state index in [1.807, 2.05) is 12.1 Å². The van der Waals surface area contributed by atoms with Crippen LogP contribution in [-0.2, 0) is 0 Å². The molecule has 0 unspecified atom stereocenters. The highest BCUT2D eigenvalue weighted by molar-refractivity contribution is 7.59. The SMILES string of the molecule is C[C@@H](c1cc(Cl)cc(Cl)c1)N1CC(COc2cc(F)c(C(=O)O)cc2C2CC2)C1.S. The first-order valence-corrected chi connectivity index (χ1v) is 10.5. The van der Waals surface area contributed by atoms with Crippen LogP contribution in [0.5, 0.6) is 5.75 Å². The number of nitrogens with zero attached hydrogens (tertiary/aromatic N) is 1. The van der Waals surface area contributed by atoms with Crippen LogP contribution in [0.25, 0.3) is 0 Å². The molecule has 1 aliphatic heterocycles. The van der Waals surface area contributed by atoms with Crippen LogP contribution < -0.4 is 4.74 Å². The summed E-state index contributed by atoms with van der Waals surface area (Å²) in [5.74, 6) is -0.919. The highest BCUT2D eigenvalue weighted by atomic mass is 35.5. The lowest BCUT2D eigenvalue weighted by Crippen LogP contribution is -2.50. The highest BCUT2D eigenvalue weighted by Gasteiger charge is 2.33. The van der Waals surface area contributed by atoms with Gasteiger partial charge in [-0.05, 0) is 61.1 Å². The van der Waals surface area contributed by atoms with Crippen LogP contribution >= 0.6 is 36.7 Å². The fraction of sp³-hybridized carbons (Fsp3) is 0.409. The molecule has 2 fully saturated rings. The Morgan fingerprint density at radius 3 is 2.40 bits per heavy atom. The average molecular weight is 472 g/mol. The van der Waals surface area contributed by atoms with Gasteiger partial charge in [0.05, 0.1) is 12.2 Å². The van der Waals surface area contributed by atoms with E-state index in [4.69, 9.17) is 33.0 Å². The quantitative estimate of drug-likeness (QED) is 0.546. The molecule has 2 aliphatic rings. The molecule has 2 aromatic rings. The summed E-state index contributed by atoms with van der Waals surface area (Å²) in [5.41, 5.74) is 1.59. The Bertz CT molecular complexity index is 928. The second-order valence-electron chi connectivity index (χ2n) is 7.96. The first-order valence-electron chi connectivity index (χ1n) is 9.71. The topological polar surface area (TPSA) is 49.8 Å². The van der Waals surface area contributed by atoms with Crippen LogP contribution in [-0.4, -0.2) is 35.7 Å². The molecule has 1 aliphatic carbocycles. The molecule has 2 aromatic carbocycles. The van der Waals surface area contributed by atoms with Crippen LogP contribution in [0, 0.1) is 11.7 Å². The average Bonchev–Trinajstić information content (AvgIpc) is 3.44. The fourth-order valence-electron chi connectivity index (χ4n) is 3.84. The van der Waals surface area contributed by atoms with E-state index in [-0.39, 0.29) is 31.0 Å². The van der Waals surface area contributed by atoms with Crippen molar-refractivity contribution in [2.45, 2.75) is 31.7 Å². The number of hydrogen-bond acceptors (Lipinski definition) is 3. The van der Waals surface area contributed by atoms with E-state index in [2.05, 4.69) is 11.8 Å². The van der Waals surface area contributed by atoms with Crippen molar-refractivity contribution >= 4 is 42.7 Å². The molecule has 8 heteroatoms. The molecule has 1 heterocycles.